The van der Waals surface area contributed by atoms with Crippen LogP contribution in [0.5, 0.6) is 0 Å². The monoisotopic (exact) mass is 117 g/mol. The molecule has 0 aromatic rings. The maximum Gasteiger partial charge on any atom is 0.0716 e. The molecule has 0 saturated heterocycles. The number of rotatable bonds is 0. The summed E-state index contributed by atoms with van der Waals surface area (Å²) in [6.45, 7) is 0. The van der Waals surface area contributed by atoms with Gasteiger partial charge in [0, 0.05) is 12.5 Å². The topological polar surface area (TPSA) is 66.5 Å². The van der Waals surface area contributed by atoms with Crippen LogP contribution in [0.2, 0.25) is 0 Å². The highest BCUT2D eigenvalue weighted by Gasteiger charge is 2.28. The maximum absolute atomic E-state index is 8.88. The lowest BCUT2D eigenvalue weighted by molar-refractivity contribution is 0.133. The zero-order chi connectivity index (χ0) is 6.15. The zero-order valence-corrected chi connectivity index (χ0v) is 4.62. The lowest BCUT2D eigenvalue weighted by Gasteiger charge is -2.04. The third kappa shape index (κ3) is 0.992. The molecule has 0 amide bonds. The normalized spacial score (nSPS) is 47.6. The summed E-state index contributed by atoms with van der Waals surface area (Å²) in [6.07, 6.45) is 0.132. The van der Waals surface area contributed by atoms with Crippen molar-refractivity contribution in [2.45, 2.75) is 31.1 Å². The summed E-state index contributed by atoms with van der Waals surface area (Å²) in [5.41, 5.74) is 5.36. The third-order valence-electron chi connectivity index (χ3n) is 1.55. The van der Waals surface area contributed by atoms with Gasteiger partial charge in [-0.15, -0.1) is 0 Å². The van der Waals surface area contributed by atoms with Crippen LogP contribution in [0.25, 0.3) is 0 Å². The molecule has 3 nitrogen and oxygen atoms in total. The second-order valence-corrected chi connectivity index (χ2v) is 2.36. The molecule has 4 N–H and O–H groups in total. The van der Waals surface area contributed by atoms with Crippen LogP contribution in [0.4, 0.5) is 0 Å². The Hall–Kier alpha value is -0.120. The largest absolute Gasteiger partial charge is 0.393 e. The van der Waals surface area contributed by atoms with Crippen LogP contribution in [0.1, 0.15) is 12.8 Å². The molecule has 3 heteroatoms. The Balaban J connectivity index is 2.39. The van der Waals surface area contributed by atoms with Gasteiger partial charge in [-0.25, -0.2) is 0 Å². The van der Waals surface area contributed by atoms with Crippen LogP contribution >= 0.6 is 0 Å². The van der Waals surface area contributed by atoms with E-state index in [1.807, 2.05) is 0 Å². The molecule has 8 heavy (non-hydrogen) atoms. The van der Waals surface area contributed by atoms with Crippen molar-refractivity contribution in [3.63, 3.8) is 0 Å². The lowest BCUT2D eigenvalue weighted by atomic mass is 10.2. The first-order valence-electron chi connectivity index (χ1n) is 2.82. The first-order chi connectivity index (χ1) is 3.70. The second-order valence-electron chi connectivity index (χ2n) is 2.36. The Morgan fingerprint density at radius 2 is 1.88 bits per heavy atom. The van der Waals surface area contributed by atoms with Gasteiger partial charge in [-0.3, -0.25) is 0 Å². The predicted octanol–water partition coefficient (Wildman–Crippen LogP) is -1.17. The molecule has 1 rings (SSSR count). The van der Waals surface area contributed by atoms with Crippen LogP contribution in [0, 0.1) is 0 Å². The molecule has 0 bridgehead atoms. The Bertz CT molecular complexity index is 76.5. The zero-order valence-electron chi connectivity index (χ0n) is 4.62. The molecular formula is C5H11NO2. The Labute approximate surface area is 48.1 Å². The van der Waals surface area contributed by atoms with Crippen LogP contribution in [-0.4, -0.2) is 28.5 Å². The average Bonchev–Trinajstić information content (AvgIpc) is 1.85. The number of nitrogens with two attached hydrogens (primary N) is 1. The standard InChI is InChI=1S/C5H11NO2/c6-4-1-3(7)2-5(4)8/h3-5,7-8H,1-2,6H2/t3?,4-,5-/m1/s1. The fourth-order valence-corrected chi connectivity index (χ4v) is 1.02. The van der Waals surface area contributed by atoms with Crippen molar-refractivity contribution in [2.75, 3.05) is 0 Å². The molecule has 0 aromatic carbocycles. The first kappa shape index (κ1) is 6.01. The van der Waals surface area contributed by atoms with E-state index in [1.54, 1.807) is 0 Å². The summed E-state index contributed by atoms with van der Waals surface area (Å²) in [7, 11) is 0. The van der Waals surface area contributed by atoms with Gasteiger partial charge < -0.3 is 15.9 Å². The van der Waals surface area contributed by atoms with Gasteiger partial charge in [-0.1, -0.05) is 0 Å². The molecule has 1 unspecified atom stereocenters. The Morgan fingerprint density at radius 1 is 1.25 bits per heavy atom. The summed E-state index contributed by atoms with van der Waals surface area (Å²) >= 11 is 0. The number of aliphatic hydroxyl groups is 2. The number of hydrogen-bond acceptors (Lipinski definition) is 3. The van der Waals surface area contributed by atoms with E-state index < -0.39 is 6.10 Å². The van der Waals surface area contributed by atoms with Crippen molar-refractivity contribution in [1.82, 2.24) is 0 Å². The fraction of sp³-hybridized carbons (Fsp3) is 1.00. The van der Waals surface area contributed by atoms with Gasteiger partial charge in [0.15, 0.2) is 0 Å². The Morgan fingerprint density at radius 3 is 2.00 bits per heavy atom. The van der Waals surface area contributed by atoms with Crippen molar-refractivity contribution in [3.05, 3.63) is 0 Å². The third-order valence-corrected chi connectivity index (χ3v) is 1.55. The lowest BCUT2D eigenvalue weighted by Crippen LogP contribution is -2.28. The van der Waals surface area contributed by atoms with Crippen molar-refractivity contribution < 1.29 is 10.2 Å². The van der Waals surface area contributed by atoms with Crippen molar-refractivity contribution in [1.29, 1.82) is 0 Å². The summed E-state index contributed by atoms with van der Waals surface area (Å²) < 4.78 is 0. The van der Waals surface area contributed by atoms with Crippen molar-refractivity contribution in [2.24, 2.45) is 5.73 Å². The molecule has 48 valence electrons. The molecule has 0 heterocycles. The smallest absolute Gasteiger partial charge is 0.0716 e. The minimum absolute atomic E-state index is 0.204. The van der Waals surface area contributed by atoms with Crippen molar-refractivity contribution in [3.8, 4) is 0 Å². The molecule has 3 atom stereocenters. The van der Waals surface area contributed by atoms with E-state index in [1.165, 1.54) is 0 Å². The van der Waals surface area contributed by atoms with Gasteiger partial charge in [0.2, 0.25) is 0 Å². The van der Waals surface area contributed by atoms with Gasteiger partial charge in [0.1, 0.15) is 0 Å². The molecule has 1 fully saturated rings. The Kier molecular flexibility index (Phi) is 1.51. The average molecular weight is 117 g/mol. The minimum atomic E-state index is -0.481. The molecule has 1 saturated carbocycles. The van der Waals surface area contributed by atoms with E-state index in [2.05, 4.69) is 0 Å². The van der Waals surface area contributed by atoms with Gasteiger partial charge in [-0.05, 0) is 6.42 Å². The summed E-state index contributed by atoms with van der Waals surface area (Å²) in [4.78, 5) is 0. The highest BCUT2D eigenvalue weighted by atomic mass is 16.3. The highest BCUT2D eigenvalue weighted by molar-refractivity contribution is 4.85. The molecule has 1 aliphatic rings. The van der Waals surface area contributed by atoms with E-state index in [9.17, 15) is 0 Å². The number of aliphatic hydroxyl groups excluding tert-OH is 2. The molecular weight excluding hydrogens is 106 g/mol. The molecule has 0 aliphatic heterocycles. The van der Waals surface area contributed by atoms with Crippen LogP contribution in [0.3, 0.4) is 0 Å². The van der Waals surface area contributed by atoms with Crippen LogP contribution < -0.4 is 5.73 Å². The van der Waals surface area contributed by atoms with E-state index in [-0.39, 0.29) is 12.1 Å². The second kappa shape index (κ2) is 2.01. The van der Waals surface area contributed by atoms with E-state index >= 15 is 0 Å². The summed E-state index contributed by atoms with van der Waals surface area (Å²) in [5, 5.41) is 17.7. The molecule has 0 spiro atoms. The van der Waals surface area contributed by atoms with Gasteiger partial charge >= 0.3 is 0 Å². The fourth-order valence-electron chi connectivity index (χ4n) is 1.02. The van der Waals surface area contributed by atoms with Gasteiger partial charge in [-0.2, -0.15) is 0 Å². The maximum atomic E-state index is 8.88. The summed E-state index contributed by atoms with van der Waals surface area (Å²) in [6, 6.07) is -0.204. The van der Waals surface area contributed by atoms with Crippen LogP contribution in [0.15, 0.2) is 0 Å². The molecule has 0 radical (unpaired) electrons. The SMILES string of the molecule is N[C@@H]1CC(O)C[C@H]1O. The first-order valence-corrected chi connectivity index (χ1v) is 2.82. The number of hydrogen-bond donors (Lipinski definition) is 3. The summed E-state index contributed by atoms with van der Waals surface area (Å²) in [5.74, 6) is 0. The molecule has 1 aliphatic carbocycles. The van der Waals surface area contributed by atoms with E-state index in [4.69, 9.17) is 15.9 Å². The highest BCUT2D eigenvalue weighted by Crippen LogP contribution is 2.16. The minimum Gasteiger partial charge on any atom is -0.393 e. The van der Waals surface area contributed by atoms with Gasteiger partial charge in [0.05, 0.1) is 12.2 Å². The van der Waals surface area contributed by atoms with E-state index in [0.717, 1.165) is 0 Å². The van der Waals surface area contributed by atoms with Crippen LogP contribution in [-0.2, 0) is 0 Å². The quantitative estimate of drug-likeness (QED) is 0.374. The molecule has 0 aromatic heterocycles. The van der Waals surface area contributed by atoms with Gasteiger partial charge in [0.25, 0.3) is 0 Å². The predicted molar refractivity (Wildman–Crippen MR) is 29.2 cm³/mol. The van der Waals surface area contributed by atoms with Crippen molar-refractivity contribution >= 4 is 0 Å². The van der Waals surface area contributed by atoms with E-state index in [0.29, 0.717) is 12.8 Å².